The van der Waals surface area contributed by atoms with Crippen LogP contribution in [0.5, 0.6) is 0 Å². The van der Waals surface area contributed by atoms with E-state index < -0.39 is 5.91 Å². The van der Waals surface area contributed by atoms with Crippen LogP contribution in [0.2, 0.25) is 0 Å². The van der Waals surface area contributed by atoms with Crippen molar-refractivity contribution in [3.63, 3.8) is 0 Å². The fourth-order valence-corrected chi connectivity index (χ4v) is 2.30. The second kappa shape index (κ2) is 4.32. The average Bonchev–Trinajstić information content (AvgIpc) is 2.50. The van der Waals surface area contributed by atoms with Crippen molar-refractivity contribution in [3.8, 4) is 0 Å². The van der Waals surface area contributed by atoms with Gasteiger partial charge >= 0.3 is 5.97 Å². The van der Waals surface area contributed by atoms with Crippen molar-refractivity contribution in [1.29, 1.82) is 0 Å². The molecular formula is C8H11NO3S. The van der Waals surface area contributed by atoms with E-state index in [2.05, 4.69) is 4.74 Å². The highest BCUT2D eigenvalue weighted by Gasteiger charge is 2.22. The largest absolute Gasteiger partial charge is 0.465 e. The van der Waals surface area contributed by atoms with Gasteiger partial charge < -0.3 is 10.5 Å². The molecule has 0 aliphatic carbocycles. The molecule has 0 atom stereocenters. The van der Waals surface area contributed by atoms with Crippen molar-refractivity contribution in [2.75, 3.05) is 12.9 Å². The van der Waals surface area contributed by atoms with E-state index in [0.717, 1.165) is 17.7 Å². The normalized spacial score (nSPS) is 16.1. The maximum absolute atomic E-state index is 11.2. The zero-order chi connectivity index (χ0) is 9.84. The van der Waals surface area contributed by atoms with Gasteiger partial charge in [-0.1, -0.05) is 0 Å². The number of esters is 1. The smallest absolute Gasteiger partial charge is 0.344 e. The van der Waals surface area contributed by atoms with Crippen LogP contribution in [0.3, 0.4) is 0 Å². The molecule has 0 spiro atoms. The molecule has 4 nitrogen and oxygen atoms in total. The van der Waals surface area contributed by atoms with Crippen LogP contribution in [-0.2, 0) is 14.3 Å². The molecule has 0 saturated carbocycles. The summed E-state index contributed by atoms with van der Waals surface area (Å²) in [5.74, 6) is 0.0604. The van der Waals surface area contributed by atoms with Crippen LogP contribution >= 0.6 is 11.8 Å². The van der Waals surface area contributed by atoms with E-state index in [1.165, 1.54) is 18.9 Å². The van der Waals surface area contributed by atoms with Gasteiger partial charge in [0.15, 0.2) is 0 Å². The van der Waals surface area contributed by atoms with Gasteiger partial charge in [-0.15, -0.1) is 11.8 Å². The molecule has 5 heteroatoms. The van der Waals surface area contributed by atoms with Crippen LogP contribution in [0.25, 0.3) is 0 Å². The fourth-order valence-electron chi connectivity index (χ4n) is 1.17. The molecule has 1 aliphatic heterocycles. The summed E-state index contributed by atoms with van der Waals surface area (Å²) in [6.07, 6.45) is 0.912. The zero-order valence-electron chi connectivity index (χ0n) is 7.33. The third-order valence-electron chi connectivity index (χ3n) is 1.73. The molecule has 1 rings (SSSR count). The number of carbonyl (C=O) groups is 2. The number of nitrogens with two attached hydrogens (primary N) is 1. The molecule has 1 heterocycles. The lowest BCUT2D eigenvalue weighted by Crippen LogP contribution is -2.12. The second-order valence-electron chi connectivity index (χ2n) is 2.67. The van der Waals surface area contributed by atoms with Crippen molar-refractivity contribution < 1.29 is 14.3 Å². The van der Waals surface area contributed by atoms with E-state index in [4.69, 9.17) is 5.73 Å². The fraction of sp³-hybridized carbons (Fsp3) is 0.500. The Morgan fingerprint density at radius 1 is 1.62 bits per heavy atom. The second-order valence-corrected chi connectivity index (χ2v) is 3.77. The summed E-state index contributed by atoms with van der Waals surface area (Å²) in [4.78, 5) is 22.3. The van der Waals surface area contributed by atoms with Crippen LogP contribution in [0.1, 0.15) is 12.8 Å². The van der Waals surface area contributed by atoms with E-state index in [-0.39, 0.29) is 12.4 Å². The Bertz CT molecular complexity index is 273. The van der Waals surface area contributed by atoms with E-state index in [9.17, 15) is 9.59 Å². The first-order chi connectivity index (χ1) is 6.15. The van der Waals surface area contributed by atoms with Crippen LogP contribution in [0.4, 0.5) is 0 Å². The number of rotatable bonds is 3. The van der Waals surface area contributed by atoms with Crippen molar-refractivity contribution in [3.05, 3.63) is 10.5 Å². The maximum Gasteiger partial charge on any atom is 0.344 e. The first kappa shape index (κ1) is 10.1. The maximum atomic E-state index is 11.2. The van der Waals surface area contributed by atoms with E-state index in [1.807, 2.05) is 0 Å². The number of primary amides is 1. The number of thioether (sulfide) groups is 1. The molecule has 0 aromatic heterocycles. The number of methoxy groups -OCH3 is 1. The minimum absolute atomic E-state index is 0.164. The topological polar surface area (TPSA) is 69.4 Å². The third kappa shape index (κ3) is 2.48. The summed E-state index contributed by atoms with van der Waals surface area (Å²) < 4.78 is 4.58. The van der Waals surface area contributed by atoms with Crippen molar-refractivity contribution in [1.82, 2.24) is 0 Å². The summed E-state index contributed by atoms with van der Waals surface area (Å²) in [5, 5.41) is 0. The zero-order valence-corrected chi connectivity index (χ0v) is 8.15. The monoisotopic (exact) mass is 201 g/mol. The molecule has 0 aromatic carbocycles. The van der Waals surface area contributed by atoms with Gasteiger partial charge in [0, 0.05) is 12.2 Å². The number of ether oxygens (including phenoxy) is 1. The van der Waals surface area contributed by atoms with Crippen molar-refractivity contribution in [2.24, 2.45) is 5.73 Å². The molecule has 0 bridgehead atoms. The van der Waals surface area contributed by atoms with Gasteiger partial charge in [0.25, 0.3) is 0 Å². The molecule has 13 heavy (non-hydrogen) atoms. The van der Waals surface area contributed by atoms with Crippen LogP contribution in [0, 0.1) is 0 Å². The lowest BCUT2D eigenvalue weighted by molar-refractivity contribution is -0.135. The minimum Gasteiger partial charge on any atom is -0.465 e. The molecule has 0 fully saturated rings. The Kier molecular flexibility index (Phi) is 3.36. The number of amides is 1. The molecule has 0 unspecified atom stereocenters. The Hall–Kier alpha value is -0.970. The summed E-state index contributed by atoms with van der Waals surface area (Å²) in [5.41, 5.74) is 5.85. The predicted octanol–water partition coefficient (Wildman–Crippen LogP) is 0.426. The lowest BCUT2D eigenvalue weighted by atomic mass is 10.1. The number of hydrogen-bond acceptors (Lipinski definition) is 4. The highest BCUT2D eigenvalue weighted by Crippen LogP contribution is 2.33. The Morgan fingerprint density at radius 3 is 2.85 bits per heavy atom. The first-order valence-corrected chi connectivity index (χ1v) is 4.85. The Morgan fingerprint density at radius 2 is 2.31 bits per heavy atom. The Balaban J connectivity index is 2.76. The predicted molar refractivity (Wildman–Crippen MR) is 49.9 cm³/mol. The molecular weight excluding hydrogens is 190 g/mol. The van der Waals surface area contributed by atoms with Gasteiger partial charge in [-0.05, 0) is 12.0 Å². The van der Waals surface area contributed by atoms with E-state index >= 15 is 0 Å². The molecule has 1 aliphatic rings. The van der Waals surface area contributed by atoms with E-state index in [1.54, 1.807) is 0 Å². The van der Waals surface area contributed by atoms with Gasteiger partial charge in [-0.3, -0.25) is 4.79 Å². The SMILES string of the molecule is COC(=O)C1=C(CC(N)=O)CCS1. The highest BCUT2D eigenvalue weighted by atomic mass is 32.2. The van der Waals surface area contributed by atoms with Gasteiger partial charge in [0.2, 0.25) is 5.91 Å². The number of carbonyl (C=O) groups excluding carboxylic acids is 2. The third-order valence-corrected chi connectivity index (χ3v) is 2.88. The molecule has 0 saturated heterocycles. The molecule has 72 valence electrons. The van der Waals surface area contributed by atoms with Crippen molar-refractivity contribution >= 4 is 23.6 Å². The van der Waals surface area contributed by atoms with Crippen LogP contribution < -0.4 is 5.73 Å². The average molecular weight is 201 g/mol. The standard InChI is InChI=1S/C8H11NO3S/c1-12-8(11)7-5(2-3-13-7)4-6(9)10/h2-4H2,1H3,(H2,9,10). The Labute approximate surface area is 80.5 Å². The van der Waals surface area contributed by atoms with Gasteiger partial charge in [-0.2, -0.15) is 0 Å². The van der Waals surface area contributed by atoms with E-state index in [0.29, 0.717) is 4.91 Å². The van der Waals surface area contributed by atoms with Gasteiger partial charge in [0.05, 0.1) is 12.0 Å². The first-order valence-electron chi connectivity index (χ1n) is 3.86. The van der Waals surface area contributed by atoms with Gasteiger partial charge in [0.1, 0.15) is 0 Å². The summed E-state index contributed by atoms with van der Waals surface area (Å²) in [6.45, 7) is 0. The quantitative estimate of drug-likeness (QED) is 0.672. The van der Waals surface area contributed by atoms with Crippen LogP contribution in [0.15, 0.2) is 10.5 Å². The number of hydrogen-bond donors (Lipinski definition) is 1. The van der Waals surface area contributed by atoms with Crippen molar-refractivity contribution in [2.45, 2.75) is 12.8 Å². The summed E-state index contributed by atoms with van der Waals surface area (Å²) >= 11 is 1.42. The molecule has 1 amide bonds. The summed E-state index contributed by atoms with van der Waals surface area (Å²) in [6, 6.07) is 0. The lowest BCUT2D eigenvalue weighted by Gasteiger charge is -2.01. The minimum atomic E-state index is -0.404. The highest BCUT2D eigenvalue weighted by molar-refractivity contribution is 8.04. The van der Waals surface area contributed by atoms with Crippen LogP contribution in [-0.4, -0.2) is 24.7 Å². The molecule has 0 aromatic rings. The molecule has 0 radical (unpaired) electrons. The molecule has 2 N–H and O–H groups in total. The van der Waals surface area contributed by atoms with Gasteiger partial charge in [-0.25, -0.2) is 4.79 Å². The summed E-state index contributed by atoms with van der Waals surface area (Å²) in [7, 11) is 1.33.